The normalized spacial score (nSPS) is 22.8. The van der Waals surface area contributed by atoms with Crippen molar-refractivity contribution in [1.82, 2.24) is 10.0 Å². The summed E-state index contributed by atoms with van der Waals surface area (Å²) in [6.45, 7) is 4.79. The summed E-state index contributed by atoms with van der Waals surface area (Å²) in [5.41, 5.74) is 2.92. The van der Waals surface area contributed by atoms with E-state index >= 15 is 0 Å². The van der Waals surface area contributed by atoms with E-state index in [-0.39, 0.29) is 0 Å². The summed E-state index contributed by atoms with van der Waals surface area (Å²) in [5.74, 6) is 0. The molecule has 0 spiro atoms. The molecule has 0 unspecified atom stereocenters. The lowest BCUT2D eigenvalue weighted by atomic mass is 10.0. The van der Waals surface area contributed by atoms with E-state index in [0.717, 1.165) is 6.54 Å². The molecule has 0 bridgehead atoms. The summed E-state index contributed by atoms with van der Waals surface area (Å²) < 4.78 is 0. The molecule has 2 heteroatoms. The molecule has 0 N–H and O–H groups in total. The maximum Gasteiger partial charge on any atom is 0.0320 e. The third-order valence-corrected chi connectivity index (χ3v) is 4.31. The van der Waals surface area contributed by atoms with Gasteiger partial charge in [0.25, 0.3) is 0 Å². The van der Waals surface area contributed by atoms with Crippen LogP contribution in [0.5, 0.6) is 0 Å². The lowest BCUT2D eigenvalue weighted by Crippen LogP contribution is -2.45. The van der Waals surface area contributed by atoms with E-state index < -0.39 is 0 Å². The highest BCUT2D eigenvalue weighted by atomic mass is 15.6. The third kappa shape index (κ3) is 3.26. The van der Waals surface area contributed by atoms with Gasteiger partial charge in [-0.05, 0) is 30.4 Å². The van der Waals surface area contributed by atoms with E-state index in [4.69, 9.17) is 0 Å². The van der Waals surface area contributed by atoms with Gasteiger partial charge in [0.05, 0.1) is 0 Å². The average molecular weight is 256 g/mol. The summed E-state index contributed by atoms with van der Waals surface area (Å²) in [4.78, 5) is 0. The standard InChI is InChI=1S/C17H24N2/c1-2-7-13-18(12-6-1)19-14-10-17(11-15-19)16-8-4-3-5-9-16/h3-5,8-10H,1-2,6-7,11-15H2. The Morgan fingerprint density at radius 2 is 1.47 bits per heavy atom. The largest absolute Gasteiger partial charge is 0.241 e. The Bertz CT molecular complexity index is 416. The van der Waals surface area contributed by atoms with Crippen molar-refractivity contribution in [2.45, 2.75) is 32.1 Å². The fourth-order valence-corrected chi connectivity index (χ4v) is 3.17. The fraction of sp³-hybridized carbons (Fsp3) is 0.529. The molecule has 0 aromatic heterocycles. The van der Waals surface area contributed by atoms with Crippen molar-refractivity contribution >= 4 is 5.57 Å². The predicted molar refractivity (Wildman–Crippen MR) is 80.7 cm³/mol. The Kier molecular flexibility index (Phi) is 4.31. The molecule has 0 atom stereocenters. The first-order chi connectivity index (χ1) is 9.43. The molecule has 0 radical (unpaired) electrons. The number of hydrazine groups is 1. The fourth-order valence-electron chi connectivity index (χ4n) is 3.17. The zero-order valence-electron chi connectivity index (χ0n) is 11.7. The highest BCUT2D eigenvalue weighted by molar-refractivity contribution is 5.66. The van der Waals surface area contributed by atoms with Gasteiger partial charge < -0.3 is 0 Å². The van der Waals surface area contributed by atoms with Crippen molar-refractivity contribution in [3.8, 4) is 0 Å². The second-order valence-electron chi connectivity index (χ2n) is 5.63. The van der Waals surface area contributed by atoms with E-state index in [1.807, 2.05) is 0 Å². The van der Waals surface area contributed by atoms with E-state index in [1.165, 1.54) is 62.9 Å². The van der Waals surface area contributed by atoms with Crippen molar-refractivity contribution in [3.63, 3.8) is 0 Å². The second kappa shape index (κ2) is 6.36. The quantitative estimate of drug-likeness (QED) is 0.798. The molecule has 1 aromatic rings. The molecule has 2 aliphatic heterocycles. The minimum atomic E-state index is 1.09. The predicted octanol–water partition coefficient (Wildman–Crippen LogP) is 3.57. The lowest BCUT2D eigenvalue weighted by Gasteiger charge is -2.36. The van der Waals surface area contributed by atoms with Crippen LogP contribution in [0.15, 0.2) is 36.4 Å². The van der Waals surface area contributed by atoms with Gasteiger partial charge in [-0.15, -0.1) is 0 Å². The SMILES string of the molecule is C1=C(c2ccccc2)CCN(N2CCCCCC2)C1. The van der Waals surface area contributed by atoms with E-state index in [2.05, 4.69) is 46.4 Å². The molecule has 2 heterocycles. The average Bonchev–Trinajstić information content (AvgIpc) is 2.77. The third-order valence-electron chi connectivity index (χ3n) is 4.31. The smallest absolute Gasteiger partial charge is 0.0320 e. The van der Waals surface area contributed by atoms with Crippen molar-refractivity contribution in [2.75, 3.05) is 26.2 Å². The topological polar surface area (TPSA) is 6.48 Å². The Hall–Kier alpha value is -1.12. The maximum atomic E-state index is 2.59. The molecular weight excluding hydrogens is 232 g/mol. The van der Waals surface area contributed by atoms with Crippen LogP contribution in [0.4, 0.5) is 0 Å². The van der Waals surface area contributed by atoms with Gasteiger partial charge in [-0.25, -0.2) is 10.0 Å². The highest BCUT2D eigenvalue weighted by Crippen LogP contribution is 2.23. The van der Waals surface area contributed by atoms with E-state index in [0.29, 0.717) is 0 Å². The lowest BCUT2D eigenvalue weighted by molar-refractivity contribution is -0.0127. The van der Waals surface area contributed by atoms with Crippen LogP contribution in [0.3, 0.4) is 0 Å². The zero-order valence-corrected chi connectivity index (χ0v) is 11.7. The molecule has 0 saturated carbocycles. The molecule has 19 heavy (non-hydrogen) atoms. The molecule has 1 fully saturated rings. The summed E-state index contributed by atoms with van der Waals surface area (Å²) in [6, 6.07) is 10.8. The van der Waals surface area contributed by atoms with Gasteiger partial charge in [-0.2, -0.15) is 0 Å². The van der Waals surface area contributed by atoms with Gasteiger partial charge in [0, 0.05) is 26.2 Å². The first kappa shape index (κ1) is 12.9. The Balaban J connectivity index is 1.63. The Morgan fingerprint density at radius 1 is 0.737 bits per heavy atom. The molecule has 3 rings (SSSR count). The number of nitrogens with zero attached hydrogens (tertiary/aromatic N) is 2. The minimum Gasteiger partial charge on any atom is -0.241 e. The van der Waals surface area contributed by atoms with Crippen molar-refractivity contribution < 1.29 is 0 Å². The first-order valence-corrected chi connectivity index (χ1v) is 7.68. The minimum absolute atomic E-state index is 1.09. The molecule has 102 valence electrons. The van der Waals surface area contributed by atoms with Crippen LogP contribution in [0.25, 0.3) is 5.57 Å². The van der Waals surface area contributed by atoms with Gasteiger partial charge in [-0.1, -0.05) is 49.2 Å². The molecule has 0 aliphatic carbocycles. The molecule has 2 nitrogen and oxygen atoms in total. The Morgan fingerprint density at radius 3 is 2.11 bits per heavy atom. The summed E-state index contributed by atoms with van der Waals surface area (Å²) >= 11 is 0. The van der Waals surface area contributed by atoms with Crippen molar-refractivity contribution in [3.05, 3.63) is 42.0 Å². The summed E-state index contributed by atoms with van der Waals surface area (Å²) in [6.07, 6.45) is 9.16. The van der Waals surface area contributed by atoms with E-state index in [1.54, 1.807) is 0 Å². The van der Waals surface area contributed by atoms with Gasteiger partial charge in [0.15, 0.2) is 0 Å². The molecular formula is C17H24N2. The van der Waals surface area contributed by atoms with Crippen LogP contribution < -0.4 is 0 Å². The molecule has 1 saturated heterocycles. The van der Waals surface area contributed by atoms with Crippen molar-refractivity contribution in [1.29, 1.82) is 0 Å². The van der Waals surface area contributed by atoms with Crippen LogP contribution in [-0.4, -0.2) is 36.2 Å². The molecule has 2 aliphatic rings. The molecule has 1 aromatic carbocycles. The van der Waals surface area contributed by atoms with Crippen LogP contribution in [0, 0.1) is 0 Å². The van der Waals surface area contributed by atoms with E-state index in [9.17, 15) is 0 Å². The number of hydrogen-bond acceptors (Lipinski definition) is 2. The Labute approximate surface area is 116 Å². The zero-order chi connectivity index (χ0) is 12.9. The number of rotatable bonds is 2. The van der Waals surface area contributed by atoms with Crippen LogP contribution >= 0.6 is 0 Å². The van der Waals surface area contributed by atoms with Gasteiger partial charge in [-0.3, -0.25) is 0 Å². The van der Waals surface area contributed by atoms with Gasteiger partial charge in [0.1, 0.15) is 0 Å². The van der Waals surface area contributed by atoms with Gasteiger partial charge >= 0.3 is 0 Å². The second-order valence-corrected chi connectivity index (χ2v) is 5.63. The first-order valence-electron chi connectivity index (χ1n) is 7.68. The number of benzene rings is 1. The van der Waals surface area contributed by atoms with Crippen LogP contribution in [0.2, 0.25) is 0 Å². The highest BCUT2D eigenvalue weighted by Gasteiger charge is 2.19. The van der Waals surface area contributed by atoms with Gasteiger partial charge in [0.2, 0.25) is 0 Å². The molecule has 0 amide bonds. The maximum absolute atomic E-state index is 2.59. The van der Waals surface area contributed by atoms with Crippen LogP contribution in [-0.2, 0) is 0 Å². The summed E-state index contributed by atoms with van der Waals surface area (Å²) in [5, 5.41) is 5.14. The monoisotopic (exact) mass is 256 g/mol. The summed E-state index contributed by atoms with van der Waals surface area (Å²) in [7, 11) is 0. The van der Waals surface area contributed by atoms with Crippen LogP contribution in [0.1, 0.15) is 37.7 Å². The number of hydrogen-bond donors (Lipinski definition) is 0. The van der Waals surface area contributed by atoms with Crippen molar-refractivity contribution in [2.24, 2.45) is 0 Å².